The Morgan fingerprint density at radius 2 is 2.00 bits per heavy atom. The van der Waals surface area contributed by atoms with Crippen molar-refractivity contribution >= 4 is 11.6 Å². The maximum Gasteiger partial charge on any atom is 0.226 e. The summed E-state index contributed by atoms with van der Waals surface area (Å²) in [5.41, 5.74) is 2.94. The first kappa shape index (κ1) is 15.1. The number of nitrogens with one attached hydrogen (secondary N) is 1. The van der Waals surface area contributed by atoms with Crippen molar-refractivity contribution in [2.75, 3.05) is 0 Å². The molecular weight excluding hydrogens is 274 g/mol. The van der Waals surface area contributed by atoms with Gasteiger partial charge in [0, 0.05) is 18.4 Å². The van der Waals surface area contributed by atoms with E-state index >= 15 is 0 Å². The van der Waals surface area contributed by atoms with E-state index in [1.807, 2.05) is 28.9 Å². The number of fused-ring (bicyclic) bond motifs is 1. The van der Waals surface area contributed by atoms with E-state index in [4.69, 9.17) is 0 Å². The Bertz CT molecular complexity index is 639. The lowest BCUT2D eigenvalue weighted by atomic mass is 9.96. The van der Waals surface area contributed by atoms with Gasteiger partial charge in [-0.3, -0.25) is 4.79 Å². The van der Waals surface area contributed by atoms with Gasteiger partial charge in [0.15, 0.2) is 0 Å². The van der Waals surface area contributed by atoms with Gasteiger partial charge >= 0.3 is 0 Å². The molecule has 1 fully saturated rings. The lowest BCUT2D eigenvalue weighted by Gasteiger charge is -2.20. The summed E-state index contributed by atoms with van der Waals surface area (Å²) in [6.07, 6.45) is 13.0. The predicted molar refractivity (Wildman–Crippen MR) is 87.9 cm³/mol. The predicted octanol–water partition coefficient (Wildman–Crippen LogP) is 3.41. The highest BCUT2D eigenvalue weighted by molar-refractivity contribution is 5.78. The third-order valence-electron chi connectivity index (χ3n) is 4.48. The van der Waals surface area contributed by atoms with Crippen molar-refractivity contribution in [2.45, 2.75) is 64.3 Å². The molecule has 0 aliphatic heterocycles. The Balaban J connectivity index is 1.59. The first-order valence-corrected chi connectivity index (χ1v) is 8.44. The maximum atomic E-state index is 12.3. The smallest absolute Gasteiger partial charge is 0.226 e. The van der Waals surface area contributed by atoms with Crippen LogP contribution in [0.15, 0.2) is 24.5 Å². The molecule has 1 saturated carbocycles. The highest BCUT2D eigenvalue weighted by atomic mass is 16.1. The zero-order valence-electron chi connectivity index (χ0n) is 13.3. The largest absolute Gasteiger partial charge is 0.353 e. The van der Waals surface area contributed by atoms with Gasteiger partial charge in [0.05, 0.1) is 12.1 Å². The minimum atomic E-state index is 0.103. The van der Waals surface area contributed by atoms with Crippen LogP contribution >= 0.6 is 0 Å². The van der Waals surface area contributed by atoms with Crippen LogP contribution in [0, 0.1) is 6.92 Å². The number of hydrogen-bond acceptors (Lipinski definition) is 2. The number of aromatic nitrogens is 2. The van der Waals surface area contributed by atoms with Gasteiger partial charge in [-0.1, -0.05) is 32.1 Å². The summed E-state index contributed by atoms with van der Waals surface area (Å²) in [6, 6.07) is 4.44. The first-order chi connectivity index (χ1) is 10.7. The molecule has 1 aliphatic rings. The number of rotatable bonds is 3. The highest BCUT2D eigenvalue weighted by Gasteiger charge is 2.15. The highest BCUT2D eigenvalue weighted by Crippen LogP contribution is 2.17. The summed E-state index contributed by atoms with van der Waals surface area (Å²) < 4.78 is 1.98. The van der Waals surface area contributed by atoms with Crippen LogP contribution < -0.4 is 5.32 Å². The molecule has 0 spiro atoms. The van der Waals surface area contributed by atoms with Crippen LogP contribution in [0.2, 0.25) is 0 Å². The van der Waals surface area contributed by atoms with E-state index in [0.717, 1.165) is 24.2 Å². The van der Waals surface area contributed by atoms with E-state index in [1.54, 1.807) is 0 Å². The van der Waals surface area contributed by atoms with E-state index in [2.05, 4.69) is 17.2 Å². The van der Waals surface area contributed by atoms with E-state index < -0.39 is 0 Å². The van der Waals surface area contributed by atoms with Crippen LogP contribution in [0.5, 0.6) is 0 Å². The molecule has 2 aromatic heterocycles. The maximum absolute atomic E-state index is 12.3. The molecule has 0 atom stereocenters. The van der Waals surface area contributed by atoms with Crippen molar-refractivity contribution < 1.29 is 4.79 Å². The zero-order valence-corrected chi connectivity index (χ0v) is 13.3. The second-order valence-electron chi connectivity index (χ2n) is 6.49. The molecule has 1 aliphatic carbocycles. The number of hydrogen-bond donors (Lipinski definition) is 1. The van der Waals surface area contributed by atoms with Gasteiger partial charge < -0.3 is 9.72 Å². The fourth-order valence-electron chi connectivity index (χ4n) is 3.27. The standard InChI is InChI=1S/C18H25N3O/c1-14-9-10-21-13-16(19-17(21)11-14)12-18(22)20-15-7-5-3-2-4-6-8-15/h9-11,13,15H,2-8,12H2,1H3,(H,20,22). The molecule has 22 heavy (non-hydrogen) atoms. The van der Waals surface area contributed by atoms with Gasteiger partial charge in [-0.25, -0.2) is 4.98 Å². The minimum absolute atomic E-state index is 0.103. The minimum Gasteiger partial charge on any atom is -0.353 e. The Morgan fingerprint density at radius 3 is 2.77 bits per heavy atom. The van der Waals surface area contributed by atoms with Crippen molar-refractivity contribution in [2.24, 2.45) is 0 Å². The van der Waals surface area contributed by atoms with Gasteiger partial charge in [-0.15, -0.1) is 0 Å². The summed E-state index contributed by atoms with van der Waals surface area (Å²) in [5.74, 6) is 0.103. The van der Waals surface area contributed by atoms with E-state index in [0.29, 0.717) is 12.5 Å². The molecular formula is C18H25N3O. The van der Waals surface area contributed by atoms with Crippen LogP contribution in [0.4, 0.5) is 0 Å². The molecule has 4 heteroatoms. The summed E-state index contributed by atoms with van der Waals surface area (Å²) in [7, 11) is 0. The molecule has 0 aromatic carbocycles. The van der Waals surface area contributed by atoms with Crippen LogP contribution in [0.25, 0.3) is 5.65 Å². The molecule has 4 nitrogen and oxygen atoms in total. The Morgan fingerprint density at radius 1 is 1.27 bits per heavy atom. The summed E-state index contributed by atoms with van der Waals surface area (Å²) in [6.45, 7) is 2.05. The SMILES string of the molecule is Cc1ccn2cc(CC(=O)NC3CCCCCCC3)nc2c1. The van der Waals surface area contributed by atoms with Gasteiger partial charge in [0.25, 0.3) is 0 Å². The monoisotopic (exact) mass is 299 g/mol. The molecule has 0 unspecified atom stereocenters. The lowest BCUT2D eigenvalue weighted by molar-refractivity contribution is -0.121. The Kier molecular flexibility index (Phi) is 4.76. The molecule has 3 rings (SSSR count). The molecule has 0 saturated heterocycles. The van der Waals surface area contributed by atoms with Crippen LogP contribution in [-0.2, 0) is 11.2 Å². The number of pyridine rings is 1. The summed E-state index contributed by atoms with van der Waals surface area (Å²) >= 11 is 0. The van der Waals surface area contributed by atoms with Gasteiger partial charge in [-0.2, -0.15) is 0 Å². The Hall–Kier alpha value is -1.84. The second kappa shape index (κ2) is 6.95. The summed E-state index contributed by atoms with van der Waals surface area (Å²) in [4.78, 5) is 16.8. The van der Waals surface area contributed by atoms with E-state index in [1.165, 1.54) is 37.7 Å². The van der Waals surface area contributed by atoms with Crippen molar-refractivity contribution in [3.05, 3.63) is 35.8 Å². The zero-order chi connectivity index (χ0) is 15.4. The molecule has 1 N–H and O–H groups in total. The van der Waals surface area contributed by atoms with Crippen LogP contribution in [-0.4, -0.2) is 21.3 Å². The third kappa shape index (κ3) is 3.87. The average Bonchev–Trinajstić information content (AvgIpc) is 2.82. The van der Waals surface area contributed by atoms with Crippen LogP contribution in [0.1, 0.15) is 56.2 Å². The molecule has 0 bridgehead atoms. The van der Waals surface area contributed by atoms with Gasteiger partial charge in [-0.05, 0) is 37.5 Å². The van der Waals surface area contributed by atoms with Crippen molar-refractivity contribution in [1.82, 2.24) is 14.7 Å². The second-order valence-corrected chi connectivity index (χ2v) is 6.49. The van der Waals surface area contributed by atoms with Gasteiger partial charge in [0.1, 0.15) is 5.65 Å². The number of imidazole rings is 1. The quantitative estimate of drug-likeness (QED) is 0.944. The summed E-state index contributed by atoms with van der Waals surface area (Å²) in [5, 5.41) is 3.20. The topological polar surface area (TPSA) is 46.4 Å². The number of carbonyl (C=O) groups excluding carboxylic acids is 1. The molecule has 0 radical (unpaired) electrons. The number of amides is 1. The number of carbonyl (C=O) groups is 1. The first-order valence-electron chi connectivity index (χ1n) is 8.44. The van der Waals surface area contributed by atoms with Crippen molar-refractivity contribution in [1.29, 1.82) is 0 Å². The number of aryl methyl sites for hydroxylation is 1. The average molecular weight is 299 g/mol. The van der Waals surface area contributed by atoms with Crippen molar-refractivity contribution in [3.63, 3.8) is 0 Å². The van der Waals surface area contributed by atoms with Crippen molar-refractivity contribution in [3.8, 4) is 0 Å². The fraction of sp³-hybridized carbons (Fsp3) is 0.556. The fourth-order valence-corrected chi connectivity index (χ4v) is 3.27. The van der Waals surface area contributed by atoms with Gasteiger partial charge in [0.2, 0.25) is 5.91 Å². The van der Waals surface area contributed by atoms with E-state index in [9.17, 15) is 4.79 Å². The third-order valence-corrected chi connectivity index (χ3v) is 4.48. The lowest BCUT2D eigenvalue weighted by Crippen LogP contribution is -2.36. The normalized spacial score (nSPS) is 17.1. The molecule has 2 aromatic rings. The molecule has 1 amide bonds. The molecule has 2 heterocycles. The number of nitrogens with zero attached hydrogens (tertiary/aromatic N) is 2. The van der Waals surface area contributed by atoms with Crippen LogP contribution in [0.3, 0.4) is 0 Å². The molecule has 118 valence electrons. The van der Waals surface area contributed by atoms with E-state index in [-0.39, 0.29) is 5.91 Å². The Labute approximate surface area is 131 Å².